The van der Waals surface area contributed by atoms with Crippen LogP contribution in [0.1, 0.15) is 18.4 Å². The van der Waals surface area contributed by atoms with Gasteiger partial charge in [-0.25, -0.2) is 4.79 Å². The van der Waals surface area contributed by atoms with E-state index in [4.69, 9.17) is 4.74 Å². The van der Waals surface area contributed by atoms with Gasteiger partial charge < -0.3 is 19.1 Å². The van der Waals surface area contributed by atoms with Gasteiger partial charge in [-0.3, -0.25) is 9.69 Å². The normalized spacial score (nSPS) is 22.0. The minimum Gasteiger partial charge on any atom is -0.378 e. The highest BCUT2D eigenvalue weighted by Crippen LogP contribution is 2.18. The second-order valence-electron chi connectivity index (χ2n) is 7.01. The maximum Gasteiger partial charge on any atom is 0.320 e. The lowest BCUT2D eigenvalue weighted by atomic mass is 10.0. The minimum atomic E-state index is 0.0191. The standard InChI is InChI=1S/C18H28N4O3/c1-19-7-5-15(12-17(19)23)13-21-6-3-4-16(14-21)20(2)18(24)22-8-10-25-11-9-22/h5,7,12,16H,3-4,6,8-11,13-14H2,1-2H3. The Morgan fingerprint density at radius 2 is 2.08 bits per heavy atom. The highest BCUT2D eigenvalue weighted by molar-refractivity contribution is 5.74. The number of aryl methyl sites for hydroxylation is 1. The first-order valence-corrected chi connectivity index (χ1v) is 9.02. The van der Waals surface area contributed by atoms with Crippen LogP contribution in [0.5, 0.6) is 0 Å². The van der Waals surface area contributed by atoms with Gasteiger partial charge in [-0.15, -0.1) is 0 Å². The van der Waals surface area contributed by atoms with Crippen LogP contribution < -0.4 is 5.56 Å². The Morgan fingerprint density at radius 1 is 1.32 bits per heavy atom. The molecule has 3 heterocycles. The van der Waals surface area contributed by atoms with Gasteiger partial charge in [0.15, 0.2) is 0 Å². The second-order valence-corrected chi connectivity index (χ2v) is 7.01. The van der Waals surface area contributed by atoms with Crippen molar-refractivity contribution in [2.75, 3.05) is 46.4 Å². The smallest absolute Gasteiger partial charge is 0.320 e. The topological polar surface area (TPSA) is 58.0 Å². The van der Waals surface area contributed by atoms with Crippen molar-refractivity contribution in [3.8, 4) is 0 Å². The van der Waals surface area contributed by atoms with Crippen LogP contribution in [-0.2, 0) is 18.3 Å². The van der Waals surface area contributed by atoms with Gasteiger partial charge >= 0.3 is 6.03 Å². The van der Waals surface area contributed by atoms with E-state index in [9.17, 15) is 9.59 Å². The molecule has 2 aliphatic heterocycles. The molecule has 2 aliphatic rings. The van der Waals surface area contributed by atoms with Crippen LogP contribution >= 0.6 is 0 Å². The van der Waals surface area contributed by atoms with E-state index in [0.717, 1.165) is 38.0 Å². The van der Waals surface area contributed by atoms with Gasteiger partial charge in [0.25, 0.3) is 5.56 Å². The predicted molar refractivity (Wildman–Crippen MR) is 95.5 cm³/mol. The molecule has 1 atom stereocenters. The SMILES string of the molecule is CN(C(=O)N1CCOCC1)C1CCCN(Cc2ccn(C)c(=O)c2)C1. The Morgan fingerprint density at radius 3 is 2.80 bits per heavy atom. The number of amides is 2. The molecule has 1 unspecified atom stereocenters. The first-order valence-electron chi connectivity index (χ1n) is 9.02. The van der Waals surface area contributed by atoms with Crippen molar-refractivity contribution >= 4 is 6.03 Å². The number of hydrogen-bond donors (Lipinski definition) is 0. The van der Waals surface area contributed by atoms with Crippen molar-refractivity contribution in [3.05, 3.63) is 34.2 Å². The zero-order valence-electron chi connectivity index (χ0n) is 15.2. The third kappa shape index (κ3) is 4.41. The van der Waals surface area contributed by atoms with E-state index in [1.807, 2.05) is 29.1 Å². The van der Waals surface area contributed by atoms with Crippen molar-refractivity contribution in [1.29, 1.82) is 0 Å². The van der Waals surface area contributed by atoms with E-state index in [-0.39, 0.29) is 17.6 Å². The number of pyridine rings is 1. The van der Waals surface area contributed by atoms with E-state index >= 15 is 0 Å². The molecule has 7 heteroatoms. The van der Waals surface area contributed by atoms with Gasteiger partial charge in [0.05, 0.1) is 13.2 Å². The summed E-state index contributed by atoms with van der Waals surface area (Å²) in [4.78, 5) is 30.6. The number of aromatic nitrogens is 1. The summed E-state index contributed by atoms with van der Waals surface area (Å²) in [5, 5.41) is 0. The van der Waals surface area contributed by atoms with Gasteiger partial charge in [0, 0.05) is 58.6 Å². The number of likely N-dealkylation sites (tertiary alicyclic amines) is 1. The number of piperidine rings is 1. The maximum atomic E-state index is 12.7. The molecule has 2 amide bonds. The molecule has 138 valence electrons. The molecule has 0 N–H and O–H groups in total. The number of carbonyl (C=O) groups is 1. The summed E-state index contributed by atoms with van der Waals surface area (Å²) in [5.41, 5.74) is 1.05. The van der Waals surface area contributed by atoms with Gasteiger partial charge in [-0.2, -0.15) is 0 Å². The molecule has 0 radical (unpaired) electrons. The molecule has 1 aromatic rings. The number of morpholine rings is 1. The molecular weight excluding hydrogens is 320 g/mol. The summed E-state index contributed by atoms with van der Waals surface area (Å²) in [6, 6.07) is 4.01. The van der Waals surface area contributed by atoms with E-state index < -0.39 is 0 Å². The van der Waals surface area contributed by atoms with Crippen LogP contribution in [0.25, 0.3) is 0 Å². The average molecular weight is 348 g/mol. The third-order valence-corrected chi connectivity index (χ3v) is 5.19. The molecular formula is C18H28N4O3. The van der Waals surface area contributed by atoms with Crippen LogP contribution in [0, 0.1) is 0 Å². The molecule has 0 aliphatic carbocycles. The first kappa shape index (κ1) is 17.9. The van der Waals surface area contributed by atoms with E-state index in [0.29, 0.717) is 26.3 Å². The fourth-order valence-electron chi connectivity index (χ4n) is 3.57. The monoisotopic (exact) mass is 348 g/mol. The Balaban J connectivity index is 1.59. The lowest BCUT2D eigenvalue weighted by Crippen LogP contribution is -2.54. The summed E-state index contributed by atoms with van der Waals surface area (Å²) in [5.74, 6) is 0. The van der Waals surface area contributed by atoms with Crippen molar-refractivity contribution < 1.29 is 9.53 Å². The van der Waals surface area contributed by atoms with Gasteiger partial charge in [-0.1, -0.05) is 0 Å². The quantitative estimate of drug-likeness (QED) is 0.808. The van der Waals surface area contributed by atoms with Crippen LogP contribution in [0.15, 0.2) is 23.1 Å². The lowest BCUT2D eigenvalue weighted by molar-refractivity contribution is 0.0365. The molecule has 0 aromatic carbocycles. The van der Waals surface area contributed by atoms with Gasteiger partial charge in [0.1, 0.15) is 0 Å². The highest BCUT2D eigenvalue weighted by atomic mass is 16.5. The summed E-state index contributed by atoms with van der Waals surface area (Å²) < 4.78 is 6.91. The zero-order chi connectivity index (χ0) is 17.8. The number of rotatable bonds is 3. The fraction of sp³-hybridized carbons (Fsp3) is 0.667. The van der Waals surface area contributed by atoms with Crippen molar-refractivity contribution in [3.63, 3.8) is 0 Å². The largest absolute Gasteiger partial charge is 0.378 e. The van der Waals surface area contributed by atoms with Crippen LogP contribution in [0.2, 0.25) is 0 Å². The summed E-state index contributed by atoms with van der Waals surface area (Å²) >= 11 is 0. The van der Waals surface area contributed by atoms with Crippen molar-refractivity contribution in [1.82, 2.24) is 19.3 Å². The molecule has 1 aromatic heterocycles. The van der Waals surface area contributed by atoms with Crippen LogP contribution in [0.4, 0.5) is 4.79 Å². The fourth-order valence-corrected chi connectivity index (χ4v) is 3.57. The zero-order valence-corrected chi connectivity index (χ0v) is 15.2. The average Bonchev–Trinajstić information content (AvgIpc) is 2.64. The molecule has 0 saturated carbocycles. The first-order chi connectivity index (χ1) is 12.0. The summed E-state index contributed by atoms with van der Waals surface area (Å²) in [6.07, 6.45) is 3.91. The van der Waals surface area contributed by atoms with Crippen molar-refractivity contribution in [2.24, 2.45) is 7.05 Å². The molecule has 7 nitrogen and oxygen atoms in total. The third-order valence-electron chi connectivity index (χ3n) is 5.19. The molecule has 3 rings (SSSR count). The maximum absolute atomic E-state index is 12.7. The summed E-state index contributed by atoms with van der Waals surface area (Å²) in [6.45, 7) is 5.21. The molecule has 0 bridgehead atoms. The van der Waals surface area contributed by atoms with Crippen LogP contribution in [-0.4, -0.2) is 77.8 Å². The Hall–Kier alpha value is -1.86. The predicted octanol–water partition coefficient (Wildman–Crippen LogP) is 0.734. The van der Waals surface area contributed by atoms with E-state index in [2.05, 4.69) is 4.90 Å². The highest BCUT2D eigenvalue weighted by Gasteiger charge is 2.29. The Labute approximate surface area is 148 Å². The molecule has 0 spiro atoms. The Bertz CT molecular complexity index is 654. The Kier molecular flexibility index (Phi) is 5.75. The number of nitrogens with zero attached hydrogens (tertiary/aromatic N) is 4. The van der Waals surface area contributed by atoms with E-state index in [1.54, 1.807) is 17.7 Å². The number of urea groups is 1. The number of carbonyl (C=O) groups excluding carboxylic acids is 1. The number of hydrogen-bond acceptors (Lipinski definition) is 4. The van der Waals surface area contributed by atoms with Crippen molar-refractivity contribution in [2.45, 2.75) is 25.4 Å². The van der Waals surface area contributed by atoms with E-state index in [1.165, 1.54) is 0 Å². The van der Waals surface area contributed by atoms with Gasteiger partial charge in [-0.05, 0) is 31.0 Å². The van der Waals surface area contributed by atoms with Gasteiger partial charge in [0.2, 0.25) is 0 Å². The van der Waals surface area contributed by atoms with Crippen LogP contribution in [0.3, 0.4) is 0 Å². The molecule has 2 fully saturated rings. The minimum absolute atomic E-state index is 0.0191. The molecule has 2 saturated heterocycles. The molecule has 25 heavy (non-hydrogen) atoms. The second kappa shape index (κ2) is 8.01. The number of likely N-dealkylation sites (N-methyl/N-ethyl adjacent to an activating group) is 1. The lowest BCUT2D eigenvalue weighted by Gasteiger charge is -2.40. The summed E-state index contributed by atoms with van der Waals surface area (Å²) in [7, 11) is 3.67. The number of ether oxygens (including phenoxy) is 1.